The fourth-order valence-electron chi connectivity index (χ4n) is 1.74. The molecule has 0 heterocycles. The molecule has 0 saturated carbocycles. The summed E-state index contributed by atoms with van der Waals surface area (Å²) in [5, 5.41) is 0.489. The molecule has 0 amide bonds. The van der Waals surface area contributed by atoms with Gasteiger partial charge in [-0.1, -0.05) is 53.5 Å². The number of halogens is 2. The first kappa shape index (κ1) is 16.3. The molecule has 0 radical (unpaired) electrons. The van der Waals surface area contributed by atoms with Gasteiger partial charge in [-0.25, -0.2) is 13.1 Å². The lowest BCUT2D eigenvalue weighted by atomic mass is 10.1. The van der Waals surface area contributed by atoms with Crippen molar-refractivity contribution >= 4 is 33.2 Å². The van der Waals surface area contributed by atoms with E-state index in [0.717, 1.165) is 5.56 Å². The Hall–Kier alpha value is -1.11. The number of nitrogens with two attached hydrogens (primary N) is 1. The lowest BCUT2D eigenvalue weighted by Gasteiger charge is -2.13. The van der Waals surface area contributed by atoms with Gasteiger partial charge in [-0.2, -0.15) is 0 Å². The van der Waals surface area contributed by atoms with Crippen molar-refractivity contribution in [3.8, 4) is 0 Å². The Kier molecular flexibility index (Phi) is 5.24. The van der Waals surface area contributed by atoms with Gasteiger partial charge >= 0.3 is 0 Å². The molecule has 0 aliphatic heterocycles. The van der Waals surface area contributed by atoms with Crippen molar-refractivity contribution in [2.75, 3.05) is 6.54 Å². The highest BCUT2D eigenvalue weighted by molar-refractivity contribution is 7.89. The summed E-state index contributed by atoms with van der Waals surface area (Å²) in [4.78, 5) is 0.0529. The predicted octanol–water partition coefficient (Wildman–Crippen LogP) is 2.97. The van der Waals surface area contributed by atoms with E-state index < -0.39 is 16.1 Å². The van der Waals surface area contributed by atoms with E-state index in [2.05, 4.69) is 4.72 Å². The van der Waals surface area contributed by atoms with Gasteiger partial charge in [0.15, 0.2) is 0 Å². The van der Waals surface area contributed by atoms with Crippen LogP contribution in [0.5, 0.6) is 0 Å². The van der Waals surface area contributed by atoms with Crippen LogP contribution in [0, 0.1) is 0 Å². The Morgan fingerprint density at radius 1 is 1.05 bits per heavy atom. The molecule has 0 bridgehead atoms. The first-order valence-corrected chi connectivity index (χ1v) is 8.39. The van der Waals surface area contributed by atoms with Crippen molar-refractivity contribution in [1.82, 2.24) is 4.72 Å². The van der Waals surface area contributed by atoms with Crippen LogP contribution in [-0.4, -0.2) is 15.0 Å². The second-order valence-electron chi connectivity index (χ2n) is 4.44. The van der Waals surface area contributed by atoms with E-state index in [4.69, 9.17) is 28.9 Å². The van der Waals surface area contributed by atoms with Crippen molar-refractivity contribution in [3.63, 3.8) is 0 Å². The fourth-order valence-corrected chi connectivity index (χ4v) is 3.19. The molecule has 1 unspecified atom stereocenters. The van der Waals surface area contributed by atoms with Crippen molar-refractivity contribution in [2.45, 2.75) is 10.9 Å². The largest absolute Gasteiger partial charge is 0.323 e. The first-order valence-electron chi connectivity index (χ1n) is 6.15. The number of rotatable bonds is 5. The Balaban J connectivity index is 2.09. The third-order valence-electron chi connectivity index (χ3n) is 2.92. The van der Waals surface area contributed by atoms with Gasteiger partial charge in [0.25, 0.3) is 0 Å². The van der Waals surface area contributed by atoms with Gasteiger partial charge in [0.05, 0.1) is 14.9 Å². The zero-order chi connectivity index (χ0) is 15.5. The summed E-state index contributed by atoms with van der Waals surface area (Å²) < 4.78 is 26.8. The van der Waals surface area contributed by atoms with Gasteiger partial charge in [-0.15, -0.1) is 0 Å². The average Bonchev–Trinajstić information content (AvgIpc) is 2.48. The second kappa shape index (κ2) is 6.77. The zero-order valence-electron chi connectivity index (χ0n) is 11.0. The normalized spacial score (nSPS) is 13.1. The molecule has 1 atom stereocenters. The summed E-state index contributed by atoms with van der Waals surface area (Å²) in [7, 11) is -3.68. The monoisotopic (exact) mass is 344 g/mol. The van der Waals surface area contributed by atoms with Gasteiger partial charge in [0.2, 0.25) is 10.0 Å². The molecule has 0 aliphatic rings. The standard InChI is InChI=1S/C14H14Cl2N2O2S/c15-12-7-6-11(8-13(12)16)21(19,20)18-9-14(17)10-4-2-1-3-5-10/h1-8,14,18H,9,17H2. The summed E-state index contributed by atoms with van der Waals surface area (Å²) >= 11 is 11.6. The van der Waals surface area contributed by atoms with Gasteiger partial charge in [-0.05, 0) is 23.8 Å². The quantitative estimate of drug-likeness (QED) is 0.875. The maximum absolute atomic E-state index is 12.2. The molecular formula is C14H14Cl2N2O2S. The Labute approximate surface area is 133 Å². The number of hydrogen-bond acceptors (Lipinski definition) is 3. The molecule has 2 aromatic rings. The number of nitrogens with one attached hydrogen (secondary N) is 1. The highest BCUT2D eigenvalue weighted by atomic mass is 35.5. The molecular weight excluding hydrogens is 331 g/mol. The van der Waals surface area contributed by atoms with E-state index >= 15 is 0 Å². The van der Waals surface area contributed by atoms with E-state index in [1.165, 1.54) is 18.2 Å². The number of hydrogen-bond donors (Lipinski definition) is 2. The van der Waals surface area contributed by atoms with Crippen LogP contribution in [0.4, 0.5) is 0 Å². The molecule has 0 spiro atoms. The van der Waals surface area contributed by atoms with Crippen LogP contribution in [0.2, 0.25) is 10.0 Å². The molecule has 2 rings (SSSR count). The van der Waals surface area contributed by atoms with Gasteiger partial charge in [-0.3, -0.25) is 0 Å². The van der Waals surface area contributed by atoms with E-state index in [-0.39, 0.29) is 16.5 Å². The van der Waals surface area contributed by atoms with Gasteiger partial charge in [0, 0.05) is 12.6 Å². The molecule has 7 heteroatoms. The minimum Gasteiger partial charge on any atom is -0.323 e. The third-order valence-corrected chi connectivity index (χ3v) is 5.08. The van der Waals surface area contributed by atoms with Crippen LogP contribution in [0.1, 0.15) is 11.6 Å². The van der Waals surface area contributed by atoms with E-state index in [0.29, 0.717) is 5.02 Å². The maximum atomic E-state index is 12.2. The zero-order valence-corrected chi connectivity index (χ0v) is 13.3. The first-order chi connectivity index (χ1) is 9.90. The fraction of sp³-hybridized carbons (Fsp3) is 0.143. The SMILES string of the molecule is NC(CNS(=O)(=O)c1ccc(Cl)c(Cl)c1)c1ccccc1. The van der Waals surface area contributed by atoms with Gasteiger partial charge in [0.1, 0.15) is 0 Å². The van der Waals surface area contributed by atoms with Crippen LogP contribution >= 0.6 is 23.2 Å². The molecule has 2 aromatic carbocycles. The number of sulfonamides is 1. The summed E-state index contributed by atoms with van der Waals surface area (Å²) in [6.45, 7) is 0.0899. The molecule has 0 fully saturated rings. The maximum Gasteiger partial charge on any atom is 0.240 e. The molecule has 4 nitrogen and oxygen atoms in total. The van der Waals surface area contributed by atoms with Crippen LogP contribution in [0.15, 0.2) is 53.4 Å². The van der Waals surface area contributed by atoms with Crippen molar-refractivity contribution in [2.24, 2.45) is 5.73 Å². The topological polar surface area (TPSA) is 72.2 Å². The summed E-state index contributed by atoms with van der Waals surface area (Å²) in [6.07, 6.45) is 0. The molecule has 3 N–H and O–H groups in total. The van der Waals surface area contributed by atoms with Crippen molar-refractivity contribution in [3.05, 3.63) is 64.1 Å². The van der Waals surface area contributed by atoms with Gasteiger partial charge < -0.3 is 5.73 Å². The second-order valence-corrected chi connectivity index (χ2v) is 7.03. The highest BCUT2D eigenvalue weighted by Gasteiger charge is 2.17. The molecule has 0 saturated heterocycles. The minimum atomic E-state index is -3.68. The van der Waals surface area contributed by atoms with E-state index in [1.807, 2.05) is 30.3 Å². The summed E-state index contributed by atoms with van der Waals surface area (Å²) in [5.74, 6) is 0. The van der Waals surface area contributed by atoms with E-state index in [1.54, 1.807) is 0 Å². The Morgan fingerprint density at radius 3 is 2.33 bits per heavy atom. The molecule has 0 aromatic heterocycles. The van der Waals surface area contributed by atoms with E-state index in [9.17, 15) is 8.42 Å². The van der Waals surface area contributed by atoms with Crippen LogP contribution in [-0.2, 0) is 10.0 Å². The summed E-state index contributed by atoms with van der Waals surface area (Å²) in [6, 6.07) is 13.0. The minimum absolute atomic E-state index is 0.0529. The average molecular weight is 345 g/mol. The lowest BCUT2D eigenvalue weighted by Crippen LogP contribution is -2.31. The predicted molar refractivity (Wildman–Crippen MR) is 85.0 cm³/mol. The smallest absolute Gasteiger partial charge is 0.240 e. The van der Waals surface area contributed by atoms with Crippen LogP contribution in [0.3, 0.4) is 0 Å². The summed E-state index contributed by atoms with van der Waals surface area (Å²) in [5.41, 5.74) is 6.82. The molecule has 112 valence electrons. The van der Waals surface area contributed by atoms with Crippen LogP contribution in [0.25, 0.3) is 0 Å². The molecule has 0 aliphatic carbocycles. The molecule has 21 heavy (non-hydrogen) atoms. The van der Waals surface area contributed by atoms with Crippen molar-refractivity contribution in [1.29, 1.82) is 0 Å². The Morgan fingerprint density at radius 2 is 1.71 bits per heavy atom. The third kappa shape index (κ3) is 4.18. The highest BCUT2D eigenvalue weighted by Crippen LogP contribution is 2.24. The lowest BCUT2D eigenvalue weighted by molar-refractivity contribution is 0.572. The van der Waals surface area contributed by atoms with Crippen molar-refractivity contribution < 1.29 is 8.42 Å². The van der Waals surface area contributed by atoms with Crippen LogP contribution < -0.4 is 10.5 Å². The Bertz CT molecular complexity index is 721. The number of benzene rings is 2.